The van der Waals surface area contributed by atoms with Crippen LogP contribution in [0.2, 0.25) is 5.02 Å². The average molecular weight is 307 g/mol. The van der Waals surface area contributed by atoms with Crippen molar-refractivity contribution in [1.82, 2.24) is 10.6 Å². The van der Waals surface area contributed by atoms with E-state index in [9.17, 15) is 4.79 Å². The lowest BCUT2D eigenvalue weighted by Crippen LogP contribution is -2.40. The molecule has 2 aliphatic rings. The van der Waals surface area contributed by atoms with Gasteiger partial charge in [-0.15, -0.1) is 0 Å². The van der Waals surface area contributed by atoms with E-state index in [1.165, 1.54) is 12.0 Å². The van der Waals surface area contributed by atoms with Gasteiger partial charge in [-0.05, 0) is 61.9 Å². The molecule has 0 spiro atoms. The van der Waals surface area contributed by atoms with Gasteiger partial charge >= 0.3 is 0 Å². The van der Waals surface area contributed by atoms with Gasteiger partial charge in [-0.25, -0.2) is 0 Å². The molecular formula is C17H23ClN2O. The van der Waals surface area contributed by atoms with E-state index in [4.69, 9.17) is 11.6 Å². The SMILES string of the molecule is CC1CC1C(NC(=O)C1CCNCC1)c1ccc(Cl)cc1. The van der Waals surface area contributed by atoms with Gasteiger partial charge in [0.15, 0.2) is 0 Å². The molecule has 0 aromatic heterocycles. The van der Waals surface area contributed by atoms with Crippen molar-refractivity contribution < 1.29 is 4.79 Å². The molecule has 1 aromatic carbocycles. The van der Waals surface area contributed by atoms with E-state index in [-0.39, 0.29) is 17.9 Å². The van der Waals surface area contributed by atoms with Gasteiger partial charge in [0.1, 0.15) is 0 Å². The lowest BCUT2D eigenvalue weighted by molar-refractivity contribution is -0.126. The highest BCUT2D eigenvalue weighted by Gasteiger charge is 2.41. The van der Waals surface area contributed by atoms with Crippen molar-refractivity contribution in [3.05, 3.63) is 34.9 Å². The number of halogens is 1. The molecule has 1 saturated carbocycles. The summed E-state index contributed by atoms with van der Waals surface area (Å²) < 4.78 is 0. The Morgan fingerprint density at radius 2 is 1.90 bits per heavy atom. The predicted molar refractivity (Wildman–Crippen MR) is 85.2 cm³/mol. The molecule has 21 heavy (non-hydrogen) atoms. The van der Waals surface area contributed by atoms with Crippen LogP contribution >= 0.6 is 11.6 Å². The van der Waals surface area contributed by atoms with Crippen LogP contribution in [0.5, 0.6) is 0 Å². The highest BCUT2D eigenvalue weighted by molar-refractivity contribution is 6.30. The zero-order valence-corrected chi connectivity index (χ0v) is 13.2. The molecule has 3 unspecified atom stereocenters. The first-order valence-electron chi connectivity index (χ1n) is 7.91. The van der Waals surface area contributed by atoms with Crippen molar-refractivity contribution in [3.8, 4) is 0 Å². The summed E-state index contributed by atoms with van der Waals surface area (Å²) >= 11 is 5.97. The van der Waals surface area contributed by atoms with E-state index in [1.807, 2.05) is 24.3 Å². The number of piperidine rings is 1. The second-order valence-electron chi connectivity index (χ2n) is 6.44. The number of hydrogen-bond donors (Lipinski definition) is 2. The molecule has 2 fully saturated rings. The summed E-state index contributed by atoms with van der Waals surface area (Å²) in [7, 11) is 0. The lowest BCUT2D eigenvalue weighted by Gasteiger charge is -2.26. The molecule has 3 rings (SSSR count). The summed E-state index contributed by atoms with van der Waals surface area (Å²) in [6.45, 7) is 4.15. The van der Waals surface area contributed by atoms with Crippen LogP contribution < -0.4 is 10.6 Å². The Morgan fingerprint density at radius 3 is 2.48 bits per heavy atom. The third-order valence-electron chi connectivity index (χ3n) is 4.84. The van der Waals surface area contributed by atoms with Crippen LogP contribution in [0.15, 0.2) is 24.3 Å². The fourth-order valence-electron chi connectivity index (χ4n) is 3.28. The Kier molecular flexibility index (Phi) is 4.51. The van der Waals surface area contributed by atoms with E-state index in [1.54, 1.807) is 0 Å². The molecule has 1 heterocycles. The number of amides is 1. The van der Waals surface area contributed by atoms with Gasteiger partial charge in [-0.2, -0.15) is 0 Å². The molecule has 2 N–H and O–H groups in total. The van der Waals surface area contributed by atoms with Gasteiger partial charge in [0.2, 0.25) is 5.91 Å². The molecule has 1 aliphatic carbocycles. The van der Waals surface area contributed by atoms with E-state index >= 15 is 0 Å². The highest BCUT2D eigenvalue weighted by Crippen LogP contribution is 2.47. The van der Waals surface area contributed by atoms with Gasteiger partial charge in [-0.3, -0.25) is 4.79 Å². The van der Waals surface area contributed by atoms with Gasteiger partial charge in [0.25, 0.3) is 0 Å². The molecule has 1 aliphatic heterocycles. The standard InChI is InChI=1S/C17H23ClN2O/c1-11-10-15(11)16(12-2-4-14(18)5-3-12)20-17(21)13-6-8-19-9-7-13/h2-5,11,13,15-16,19H,6-10H2,1H3,(H,20,21). The normalized spacial score (nSPS) is 27.1. The van der Waals surface area contributed by atoms with Crippen molar-refractivity contribution in [1.29, 1.82) is 0 Å². The minimum atomic E-state index is 0.139. The van der Waals surface area contributed by atoms with Gasteiger partial charge in [0.05, 0.1) is 6.04 Å². The number of carbonyl (C=O) groups is 1. The summed E-state index contributed by atoms with van der Waals surface area (Å²) in [4.78, 5) is 12.5. The Hall–Kier alpha value is -1.06. The van der Waals surface area contributed by atoms with E-state index in [0.717, 1.165) is 31.0 Å². The molecule has 0 bridgehead atoms. The third-order valence-corrected chi connectivity index (χ3v) is 5.09. The maximum Gasteiger partial charge on any atom is 0.223 e. The number of rotatable bonds is 4. The Morgan fingerprint density at radius 1 is 1.29 bits per heavy atom. The van der Waals surface area contributed by atoms with Crippen LogP contribution in [-0.4, -0.2) is 19.0 Å². The average Bonchev–Trinajstić information content (AvgIpc) is 3.23. The van der Waals surface area contributed by atoms with Crippen LogP contribution in [0.3, 0.4) is 0 Å². The number of carbonyl (C=O) groups excluding carboxylic acids is 1. The molecule has 4 heteroatoms. The molecular weight excluding hydrogens is 284 g/mol. The van der Waals surface area contributed by atoms with Crippen molar-refractivity contribution in [3.63, 3.8) is 0 Å². The lowest BCUT2D eigenvalue weighted by atomic mass is 9.95. The van der Waals surface area contributed by atoms with Crippen LogP contribution in [0, 0.1) is 17.8 Å². The topological polar surface area (TPSA) is 41.1 Å². The molecule has 1 amide bonds. The summed E-state index contributed by atoms with van der Waals surface area (Å²) in [5.41, 5.74) is 1.18. The Labute approximate surface area is 131 Å². The van der Waals surface area contributed by atoms with Gasteiger partial charge in [-0.1, -0.05) is 30.7 Å². The van der Waals surface area contributed by atoms with Crippen molar-refractivity contribution >= 4 is 17.5 Å². The summed E-state index contributed by atoms with van der Waals surface area (Å²) in [6, 6.07) is 8.04. The van der Waals surface area contributed by atoms with E-state index in [0.29, 0.717) is 11.8 Å². The summed E-state index contributed by atoms with van der Waals surface area (Å²) in [5.74, 6) is 1.64. The van der Waals surface area contributed by atoms with Crippen LogP contribution in [0.25, 0.3) is 0 Å². The Bertz CT molecular complexity index is 496. The zero-order chi connectivity index (χ0) is 14.8. The quantitative estimate of drug-likeness (QED) is 0.897. The first-order chi connectivity index (χ1) is 10.1. The second kappa shape index (κ2) is 6.37. The van der Waals surface area contributed by atoms with Crippen molar-refractivity contribution in [2.24, 2.45) is 17.8 Å². The maximum atomic E-state index is 12.5. The fraction of sp³-hybridized carbons (Fsp3) is 0.588. The van der Waals surface area contributed by atoms with Gasteiger partial charge in [0, 0.05) is 10.9 Å². The monoisotopic (exact) mass is 306 g/mol. The molecule has 3 nitrogen and oxygen atoms in total. The molecule has 114 valence electrons. The zero-order valence-electron chi connectivity index (χ0n) is 12.4. The highest BCUT2D eigenvalue weighted by atomic mass is 35.5. The minimum Gasteiger partial charge on any atom is -0.349 e. The number of hydrogen-bond acceptors (Lipinski definition) is 2. The van der Waals surface area contributed by atoms with E-state index < -0.39 is 0 Å². The second-order valence-corrected chi connectivity index (χ2v) is 6.88. The largest absolute Gasteiger partial charge is 0.349 e. The van der Waals surface area contributed by atoms with Crippen LogP contribution in [0.1, 0.15) is 37.8 Å². The number of benzene rings is 1. The van der Waals surface area contributed by atoms with Crippen LogP contribution in [-0.2, 0) is 4.79 Å². The summed E-state index contributed by atoms with van der Waals surface area (Å²) in [5, 5.41) is 7.36. The fourth-order valence-corrected chi connectivity index (χ4v) is 3.40. The molecule has 1 saturated heterocycles. The van der Waals surface area contributed by atoms with E-state index in [2.05, 4.69) is 17.6 Å². The Balaban J connectivity index is 1.70. The van der Waals surface area contributed by atoms with Crippen LogP contribution in [0.4, 0.5) is 0 Å². The molecule has 1 aromatic rings. The van der Waals surface area contributed by atoms with Crippen molar-refractivity contribution in [2.75, 3.05) is 13.1 Å². The molecule has 3 atom stereocenters. The van der Waals surface area contributed by atoms with Gasteiger partial charge < -0.3 is 10.6 Å². The maximum absolute atomic E-state index is 12.5. The number of nitrogens with one attached hydrogen (secondary N) is 2. The third kappa shape index (κ3) is 3.58. The van der Waals surface area contributed by atoms with Crippen molar-refractivity contribution in [2.45, 2.75) is 32.2 Å². The first kappa shape index (κ1) is 14.9. The predicted octanol–water partition coefficient (Wildman–Crippen LogP) is 3.15. The summed E-state index contributed by atoms with van der Waals surface area (Å²) in [6.07, 6.45) is 3.08. The molecule has 0 radical (unpaired) electrons. The smallest absolute Gasteiger partial charge is 0.223 e. The minimum absolute atomic E-state index is 0.139. The first-order valence-corrected chi connectivity index (χ1v) is 8.29.